The van der Waals surface area contributed by atoms with Crippen LogP contribution in [0.5, 0.6) is 0 Å². The van der Waals surface area contributed by atoms with Crippen LogP contribution in [0.25, 0.3) is 20.2 Å². The number of benzene rings is 7. The van der Waals surface area contributed by atoms with Gasteiger partial charge in [0.15, 0.2) is 0 Å². The van der Waals surface area contributed by atoms with Crippen LogP contribution in [-0.2, 0) is 43.3 Å². The largest absolute Gasteiger partial charge is 0.334 e. The number of aryl methyl sites for hydroxylation is 1. The normalized spacial score (nSPS) is 24.2. The first kappa shape index (κ1) is 53.9. The Morgan fingerprint density at radius 2 is 0.940 bits per heavy atom. The Balaban J connectivity index is 1.12. The summed E-state index contributed by atoms with van der Waals surface area (Å²) in [4.78, 5) is 8.53. The van der Waals surface area contributed by atoms with E-state index in [1.807, 2.05) is 11.3 Å². The number of hydrogen-bond donors (Lipinski definition) is 0. The van der Waals surface area contributed by atoms with E-state index in [0.29, 0.717) is 0 Å². The Labute approximate surface area is 502 Å². The maximum atomic E-state index is 2.90. The molecule has 0 spiro atoms. The molecule has 3 nitrogen and oxygen atoms in total. The zero-order chi connectivity index (χ0) is 58.5. The SMILES string of the molecule is Cc1cc2c(cc1N1c3cc4c(cc3B3c5cc6c(cc5N(c5ccc7c(c5)sc5ccccc57)c5cc(N7c8ccc(C(C)(C)C)cc8C8(C)CCCCC78C)cc1c53)C(C)(C)CCC6(C)C)C(C)(C)CCC4(C)C)C(C)(C)CC2(C)C. The molecular weight excluding hydrogens is 1020 g/mol. The van der Waals surface area contributed by atoms with Crippen molar-refractivity contribution in [3.63, 3.8) is 0 Å². The van der Waals surface area contributed by atoms with Gasteiger partial charge in [-0.15, -0.1) is 11.3 Å². The molecule has 1 aromatic heterocycles. The summed E-state index contributed by atoms with van der Waals surface area (Å²) in [5.74, 6) is 0. The van der Waals surface area contributed by atoms with Gasteiger partial charge in [0, 0.05) is 71.1 Å². The standard InChI is InChI=1S/C78H90BN3S/c1-46-35-52-57(76(15,16)45-75(52,13)14)42-62(46)81-64-44-56-54(72(7,8)32-34-74(56,11)12)41-60(64)79-59-40-53-55(73(9,10)33-31-71(53,5)6)43-63(59)80(48-26-27-51-50-23-19-20-24-67(50)83-68(51)39-48)65-37-49(38-66(81)69(65)79)82-61-28-25-47(70(2,3)4)36-58(61)77(17)29-21-22-30-78(77,82)18/h19-20,23-28,35-44H,21-22,29-34,45H2,1-18H3. The molecule has 0 N–H and O–H groups in total. The average molecular weight is 1110 g/mol. The monoisotopic (exact) mass is 1110 g/mol. The van der Waals surface area contributed by atoms with E-state index in [4.69, 9.17) is 0 Å². The second-order valence-electron chi connectivity index (χ2n) is 33.0. The molecule has 0 amide bonds. The Kier molecular flexibility index (Phi) is 10.9. The summed E-state index contributed by atoms with van der Waals surface area (Å²) in [6, 6.07) is 45.9. The highest BCUT2D eigenvalue weighted by molar-refractivity contribution is 7.25. The lowest BCUT2D eigenvalue weighted by Crippen LogP contribution is -2.62. The van der Waals surface area contributed by atoms with E-state index in [-0.39, 0.29) is 55.6 Å². The first-order valence-electron chi connectivity index (χ1n) is 32.0. The molecule has 426 valence electrons. The highest BCUT2D eigenvalue weighted by atomic mass is 32.1. The van der Waals surface area contributed by atoms with Crippen molar-refractivity contribution in [1.29, 1.82) is 0 Å². The van der Waals surface area contributed by atoms with Gasteiger partial charge < -0.3 is 14.7 Å². The van der Waals surface area contributed by atoms with E-state index in [1.54, 1.807) is 0 Å². The van der Waals surface area contributed by atoms with E-state index in [9.17, 15) is 0 Å². The van der Waals surface area contributed by atoms with Gasteiger partial charge in [0.2, 0.25) is 0 Å². The van der Waals surface area contributed by atoms with Gasteiger partial charge in [-0.25, -0.2) is 0 Å². The van der Waals surface area contributed by atoms with Crippen LogP contribution < -0.4 is 31.1 Å². The fraction of sp³-hybridized carbons (Fsp3) is 0.462. The minimum Gasteiger partial charge on any atom is -0.334 e. The van der Waals surface area contributed by atoms with Gasteiger partial charge in [0.25, 0.3) is 6.71 Å². The number of fused-ring (bicyclic) bond motifs is 13. The fourth-order valence-corrected chi connectivity index (χ4v) is 19.7. The molecule has 8 aromatic rings. The van der Waals surface area contributed by atoms with Crippen LogP contribution in [0.3, 0.4) is 0 Å². The Hall–Kier alpha value is -5.78. The van der Waals surface area contributed by atoms with Crippen molar-refractivity contribution in [2.45, 2.75) is 231 Å². The van der Waals surface area contributed by atoms with Gasteiger partial charge in [0.1, 0.15) is 0 Å². The third-order valence-corrected chi connectivity index (χ3v) is 24.9. The quantitative estimate of drug-likeness (QED) is 0.163. The third kappa shape index (κ3) is 7.34. The highest BCUT2D eigenvalue weighted by Gasteiger charge is 2.59. The van der Waals surface area contributed by atoms with Gasteiger partial charge in [-0.2, -0.15) is 0 Å². The molecular formula is C78H90BN3S. The predicted octanol–water partition coefficient (Wildman–Crippen LogP) is 20.1. The summed E-state index contributed by atoms with van der Waals surface area (Å²) in [7, 11) is 0. The zero-order valence-electron chi connectivity index (χ0n) is 53.6. The Morgan fingerprint density at radius 1 is 0.422 bits per heavy atom. The molecule has 4 heterocycles. The first-order chi connectivity index (χ1) is 38.9. The molecule has 2 unspecified atom stereocenters. The van der Waals surface area contributed by atoms with Crippen LogP contribution in [-0.4, -0.2) is 12.3 Å². The number of anilines is 8. The van der Waals surface area contributed by atoms with Gasteiger partial charge in [-0.1, -0.05) is 178 Å². The third-order valence-electron chi connectivity index (χ3n) is 23.8. The van der Waals surface area contributed by atoms with Crippen LogP contribution >= 0.6 is 11.3 Å². The Morgan fingerprint density at radius 3 is 1.55 bits per heavy atom. The summed E-state index contributed by atoms with van der Waals surface area (Å²) in [6.07, 6.45) is 10.6. The van der Waals surface area contributed by atoms with Crippen molar-refractivity contribution in [2.24, 2.45) is 0 Å². The molecule has 5 heteroatoms. The molecule has 15 rings (SSSR count). The lowest BCUT2D eigenvalue weighted by molar-refractivity contribution is 0.195. The van der Waals surface area contributed by atoms with Crippen molar-refractivity contribution in [3.05, 3.63) is 159 Å². The lowest BCUT2D eigenvalue weighted by Gasteiger charge is -2.52. The van der Waals surface area contributed by atoms with E-state index in [2.05, 4.69) is 249 Å². The van der Waals surface area contributed by atoms with E-state index >= 15 is 0 Å². The Bertz CT molecular complexity index is 4150. The molecule has 7 aliphatic rings. The molecule has 0 bridgehead atoms. The number of thiophene rings is 1. The molecule has 3 aliphatic heterocycles. The predicted molar refractivity (Wildman–Crippen MR) is 361 cm³/mol. The maximum Gasteiger partial charge on any atom is 0.252 e. The average Bonchev–Trinajstić information content (AvgIpc) is 1.85. The van der Waals surface area contributed by atoms with Gasteiger partial charge in [-0.05, 0) is 218 Å². The van der Waals surface area contributed by atoms with Crippen LogP contribution in [0, 0.1) is 6.92 Å². The van der Waals surface area contributed by atoms with Crippen LogP contribution in [0.1, 0.15) is 226 Å². The second-order valence-corrected chi connectivity index (χ2v) is 34.1. The summed E-state index contributed by atoms with van der Waals surface area (Å²) in [5.41, 5.74) is 28.4. The first-order valence-corrected chi connectivity index (χ1v) is 32.9. The molecule has 83 heavy (non-hydrogen) atoms. The number of nitrogens with zero attached hydrogens (tertiary/aromatic N) is 3. The summed E-state index contributed by atoms with van der Waals surface area (Å²) < 4.78 is 2.69. The van der Waals surface area contributed by atoms with E-state index < -0.39 is 0 Å². The molecule has 7 aromatic carbocycles. The van der Waals surface area contributed by atoms with Crippen molar-refractivity contribution in [2.75, 3.05) is 14.7 Å². The molecule has 2 atom stereocenters. The van der Waals surface area contributed by atoms with Gasteiger partial charge in [0.05, 0.1) is 5.54 Å². The van der Waals surface area contributed by atoms with Crippen LogP contribution in [0.2, 0.25) is 0 Å². The van der Waals surface area contributed by atoms with E-state index in [0.717, 1.165) is 12.8 Å². The maximum absolute atomic E-state index is 2.90. The molecule has 1 saturated carbocycles. The smallest absolute Gasteiger partial charge is 0.252 e. The summed E-state index contributed by atoms with van der Waals surface area (Å²) >= 11 is 1.94. The highest BCUT2D eigenvalue weighted by Crippen LogP contribution is 2.63. The minimum atomic E-state index is -0.155. The lowest BCUT2D eigenvalue weighted by atomic mass is 9.32. The van der Waals surface area contributed by atoms with Crippen molar-refractivity contribution in [1.82, 2.24) is 0 Å². The number of rotatable bonds is 3. The fourth-order valence-electron chi connectivity index (χ4n) is 18.6. The second kappa shape index (κ2) is 16.8. The zero-order valence-corrected chi connectivity index (χ0v) is 54.4. The molecule has 0 radical (unpaired) electrons. The van der Waals surface area contributed by atoms with Crippen molar-refractivity contribution >= 4 is 100 Å². The summed E-state index contributed by atoms with van der Waals surface area (Å²) in [5, 5.41) is 2.69. The molecule has 0 saturated heterocycles. The van der Waals surface area contributed by atoms with Crippen molar-refractivity contribution in [3.8, 4) is 0 Å². The number of hydrogen-bond acceptors (Lipinski definition) is 4. The van der Waals surface area contributed by atoms with Gasteiger partial charge in [-0.3, -0.25) is 0 Å². The van der Waals surface area contributed by atoms with E-state index in [1.165, 1.54) is 177 Å². The molecule has 4 aliphatic carbocycles. The van der Waals surface area contributed by atoms with Gasteiger partial charge >= 0.3 is 0 Å². The van der Waals surface area contributed by atoms with Crippen LogP contribution in [0.4, 0.5) is 45.5 Å². The summed E-state index contributed by atoms with van der Waals surface area (Å²) in [6.45, 7) is 45.1. The minimum absolute atomic E-state index is 0.00210. The van der Waals surface area contributed by atoms with Crippen molar-refractivity contribution < 1.29 is 0 Å². The topological polar surface area (TPSA) is 9.72 Å². The molecule has 1 fully saturated rings. The van der Waals surface area contributed by atoms with Crippen LogP contribution in [0.15, 0.2) is 109 Å².